The van der Waals surface area contributed by atoms with Crippen LogP contribution in [0.25, 0.3) is 5.57 Å². The zero-order valence-electron chi connectivity index (χ0n) is 14.0. The Hall–Kier alpha value is -1.75. The van der Waals surface area contributed by atoms with Gasteiger partial charge in [-0.1, -0.05) is 47.6 Å². The molecule has 0 unspecified atom stereocenters. The molecule has 21 heavy (non-hydrogen) atoms. The fourth-order valence-corrected chi connectivity index (χ4v) is 2.64. The van der Waals surface area contributed by atoms with Crippen LogP contribution in [0, 0.1) is 11.3 Å². The van der Waals surface area contributed by atoms with E-state index in [9.17, 15) is 0 Å². The van der Waals surface area contributed by atoms with E-state index < -0.39 is 0 Å². The maximum atomic E-state index is 9.04. The molecule has 2 heteroatoms. The van der Waals surface area contributed by atoms with Gasteiger partial charge in [0.2, 0.25) is 0 Å². The SMILES string of the molecule is CC(C)(C)c1cc2c(c(C(C)(C)C)c1)OCCC2=CC#N. The predicted octanol–water partition coefficient (Wildman–Crippen LogP) is 4.97. The fourth-order valence-electron chi connectivity index (χ4n) is 2.64. The molecule has 0 aromatic heterocycles. The first-order chi connectivity index (χ1) is 9.64. The van der Waals surface area contributed by atoms with Crippen LogP contribution in [0.15, 0.2) is 18.2 Å². The zero-order chi connectivity index (χ0) is 15.8. The second-order valence-corrected chi connectivity index (χ2v) is 7.80. The van der Waals surface area contributed by atoms with Gasteiger partial charge < -0.3 is 4.74 Å². The van der Waals surface area contributed by atoms with Crippen LogP contribution < -0.4 is 4.74 Å². The number of ether oxygens (including phenoxy) is 1. The summed E-state index contributed by atoms with van der Waals surface area (Å²) in [4.78, 5) is 0. The molecule has 0 bridgehead atoms. The molecule has 2 nitrogen and oxygen atoms in total. The molecule has 0 fully saturated rings. The van der Waals surface area contributed by atoms with Gasteiger partial charge in [-0.05, 0) is 28.0 Å². The second kappa shape index (κ2) is 5.22. The average molecular weight is 283 g/mol. The Morgan fingerprint density at radius 1 is 1.10 bits per heavy atom. The van der Waals surface area contributed by atoms with E-state index in [0.717, 1.165) is 23.3 Å². The number of hydrogen-bond acceptors (Lipinski definition) is 2. The molecule has 1 aromatic carbocycles. The van der Waals surface area contributed by atoms with E-state index in [4.69, 9.17) is 10.00 Å². The largest absolute Gasteiger partial charge is 0.492 e. The summed E-state index contributed by atoms with van der Waals surface area (Å²) in [7, 11) is 0. The van der Waals surface area contributed by atoms with Crippen LogP contribution in [0.4, 0.5) is 0 Å². The van der Waals surface area contributed by atoms with Crippen molar-refractivity contribution in [3.05, 3.63) is 34.9 Å². The van der Waals surface area contributed by atoms with E-state index in [1.165, 1.54) is 11.1 Å². The summed E-state index contributed by atoms with van der Waals surface area (Å²) in [5.41, 5.74) is 4.80. The highest BCUT2D eigenvalue weighted by molar-refractivity contribution is 5.76. The van der Waals surface area contributed by atoms with E-state index >= 15 is 0 Å². The molecule has 1 aliphatic heterocycles. The van der Waals surface area contributed by atoms with Gasteiger partial charge in [-0.25, -0.2) is 0 Å². The van der Waals surface area contributed by atoms with Crippen molar-refractivity contribution in [1.29, 1.82) is 5.26 Å². The Bertz CT molecular complexity index is 619. The first kappa shape index (κ1) is 15.6. The molecule has 0 radical (unpaired) electrons. The Kier molecular flexibility index (Phi) is 3.89. The molecule has 0 saturated heterocycles. The Morgan fingerprint density at radius 3 is 2.29 bits per heavy atom. The molecule has 112 valence electrons. The number of fused-ring (bicyclic) bond motifs is 1. The van der Waals surface area contributed by atoms with E-state index in [-0.39, 0.29) is 10.8 Å². The second-order valence-electron chi connectivity index (χ2n) is 7.80. The highest BCUT2D eigenvalue weighted by Gasteiger charge is 2.28. The normalized spacial score (nSPS) is 17.1. The van der Waals surface area contributed by atoms with Gasteiger partial charge in [0.15, 0.2) is 0 Å². The van der Waals surface area contributed by atoms with Crippen molar-refractivity contribution in [1.82, 2.24) is 0 Å². The van der Waals surface area contributed by atoms with E-state index in [1.807, 2.05) is 0 Å². The van der Waals surface area contributed by atoms with Gasteiger partial charge in [0.05, 0.1) is 12.7 Å². The summed E-state index contributed by atoms with van der Waals surface area (Å²) < 4.78 is 5.98. The minimum Gasteiger partial charge on any atom is -0.492 e. The number of nitrogens with zero attached hydrogens (tertiary/aromatic N) is 1. The maximum absolute atomic E-state index is 9.04. The summed E-state index contributed by atoms with van der Waals surface area (Å²) in [5, 5.41) is 9.04. The van der Waals surface area contributed by atoms with Gasteiger partial charge in [-0.2, -0.15) is 5.26 Å². The zero-order valence-corrected chi connectivity index (χ0v) is 14.0. The average Bonchev–Trinajstić information content (AvgIpc) is 2.36. The molecular weight excluding hydrogens is 258 g/mol. The highest BCUT2D eigenvalue weighted by atomic mass is 16.5. The van der Waals surface area contributed by atoms with Crippen LogP contribution in [0.5, 0.6) is 5.75 Å². The van der Waals surface area contributed by atoms with Crippen LogP contribution in [0.2, 0.25) is 0 Å². The van der Waals surface area contributed by atoms with Gasteiger partial charge in [-0.3, -0.25) is 0 Å². The minimum absolute atomic E-state index is 0.0143. The summed E-state index contributed by atoms with van der Waals surface area (Å²) in [6, 6.07) is 6.65. The standard InChI is InChI=1S/C19H25NO/c1-18(2,3)14-11-15-13(7-9-20)8-10-21-17(15)16(12-14)19(4,5)6/h7,11-12H,8,10H2,1-6H3. The predicted molar refractivity (Wildman–Crippen MR) is 87.5 cm³/mol. The lowest BCUT2D eigenvalue weighted by molar-refractivity contribution is 0.306. The van der Waals surface area contributed by atoms with Crippen LogP contribution >= 0.6 is 0 Å². The Labute approximate surface area is 128 Å². The van der Waals surface area contributed by atoms with Crippen molar-refractivity contribution >= 4 is 5.57 Å². The lowest BCUT2D eigenvalue weighted by Crippen LogP contribution is -2.21. The molecule has 0 atom stereocenters. The topological polar surface area (TPSA) is 33.0 Å². The van der Waals surface area contributed by atoms with Crippen molar-refractivity contribution < 1.29 is 4.74 Å². The molecule has 0 N–H and O–H groups in total. The summed E-state index contributed by atoms with van der Waals surface area (Å²) in [5.74, 6) is 0.961. The van der Waals surface area contributed by atoms with Crippen LogP contribution in [0.3, 0.4) is 0 Å². The number of nitriles is 1. The quantitative estimate of drug-likeness (QED) is 0.630. The van der Waals surface area contributed by atoms with Gasteiger partial charge in [0, 0.05) is 23.6 Å². The first-order valence-electron chi connectivity index (χ1n) is 7.55. The number of hydrogen-bond donors (Lipinski definition) is 0. The Balaban J connectivity index is 2.77. The van der Waals surface area contributed by atoms with Gasteiger partial charge in [0.25, 0.3) is 0 Å². The first-order valence-corrected chi connectivity index (χ1v) is 7.55. The molecule has 0 aliphatic carbocycles. The molecule has 2 rings (SSSR count). The number of rotatable bonds is 0. The summed E-state index contributed by atoms with van der Waals surface area (Å²) >= 11 is 0. The highest BCUT2D eigenvalue weighted by Crippen LogP contribution is 2.43. The van der Waals surface area contributed by atoms with Crippen molar-refractivity contribution in [2.24, 2.45) is 0 Å². The van der Waals surface area contributed by atoms with Crippen LogP contribution in [-0.4, -0.2) is 6.61 Å². The van der Waals surface area contributed by atoms with Crippen molar-refractivity contribution in [2.75, 3.05) is 6.61 Å². The van der Waals surface area contributed by atoms with Gasteiger partial charge in [-0.15, -0.1) is 0 Å². The van der Waals surface area contributed by atoms with Crippen molar-refractivity contribution in [3.8, 4) is 11.8 Å². The third-order valence-electron chi connectivity index (χ3n) is 3.97. The van der Waals surface area contributed by atoms with Gasteiger partial charge >= 0.3 is 0 Å². The molecule has 1 aromatic rings. The molecule has 1 aliphatic rings. The van der Waals surface area contributed by atoms with Crippen LogP contribution in [0.1, 0.15) is 64.7 Å². The van der Waals surface area contributed by atoms with Gasteiger partial charge in [0.1, 0.15) is 5.75 Å². The smallest absolute Gasteiger partial charge is 0.130 e. The molecular formula is C19H25NO. The third-order valence-corrected chi connectivity index (χ3v) is 3.97. The fraction of sp³-hybridized carbons (Fsp3) is 0.526. The van der Waals surface area contributed by atoms with E-state index in [2.05, 4.69) is 59.7 Å². The monoisotopic (exact) mass is 283 g/mol. The lowest BCUT2D eigenvalue weighted by atomic mass is 9.77. The van der Waals surface area contributed by atoms with Crippen LogP contribution in [-0.2, 0) is 10.8 Å². The maximum Gasteiger partial charge on any atom is 0.130 e. The van der Waals surface area contributed by atoms with E-state index in [0.29, 0.717) is 6.61 Å². The molecule has 1 heterocycles. The molecule has 0 amide bonds. The summed E-state index contributed by atoms with van der Waals surface area (Å²) in [6.45, 7) is 13.9. The van der Waals surface area contributed by atoms with Crippen molar-refractivity contribution in [3.63, 3.8) is 0 Å². The lowest BCUT2D eigenvalue weighted by Gasteiger charge is -2.32. The molecule has 0 saturated carbocycles. The number of benzene rings is 1. The van der Waals surface area contributed by atoms with Crippen molar-refractivity contribution in [2.45, 2.75) is 58.8 Å². The third kappa shape index (κ3) is 3.13. The molecule has 0 spiro atoms. The summed E-state index contributed by atoms with van der Waals surface area (Å²) in [6.07, 6.45) is 2.47. The minimum atomic E-state index is 0.0143. The Morgan fingerprint density at radius 2 is 1.76 bits per heavy atom. The van der Waals surface area contributed by atoms with E-state index in [1.54, 1.807) is 6.08 Å². The number of allylic oxidation sites excluding steroid dienone is 1.